The fourth-order valence-corrected chi connectivity index (χ4v) is 2.12. The van der Waals surface area contributed by atoms with Crippen LogP contribution in [0, 0.1) is 0 Å². The molecule has 1 amide bonds. The largest absolute Gasteiger partial charge is 0.463 e. The van der Waals surface area contributed by atoms with Gasteiger partial charge in [-0.15, -0.1) is 5.10 Å². The number of aromatic amines is 1. The Balaban J connectivity index is 1.43. The molecule has 9 heteroatoms. The highest BCUT2D eigenvalue weighted by atomic mass is 32.2. The van der Waals surface area contributed by atoms with Crippen molar-refractivity contribution in [2.24, 2.45) is 5.10 Å². The number of thioether (sulfide) groups is 1. The van der Waals surface area contributed by atoms with Crippen molar-refractivity contribution in [3.63, 3.8) is 0 Å². The average Bonchev–Trinajstić information content (AvgIpc) is 2.97. The molecule has 0 spiro atoms. The van der Waals surface area contributed by atoms with E-state index in [1.807, 2.05) is 0 Å². The number of hydrogen-bond acceptors (Lipinski definition) is 7. The smallest absolute Gasteiger partial charge is 0.240 e. The molecule has 0 saturated heterocycles. The normalized spacial score (nSPS) is 14.5. The Kier molecular flexibility index (Phi) is 4.20. The molecule has 8 nitrogen and oxygen atoms in total. The van der Waals surface area contributed by atoms with E-state index in [9.17, 15) is 4.79 Å². The summed E-state index contributed by atoms with van der Waals surface area (Å²) in [5, 5.41) is 14.0. The van der Waals surface area contributed by atoms with E-state index in [2.05, 4.69) is 31.0 Å². The molecule has 1 aliphatic rings. The number of anilines is 1. The van der Waals surface area contributed by atoms with Crippen molar-refractivity contribution in [2.45, 2.75) is 24.0 Å². The second-order valence-electron chi connectivity index (χ2n) is 4.48. The molecule has 2 aromatic heterocycles. The second kappa shape index (κ2) is 6.44. The van der Waals surface area contributed by atoms with Gasteiger partial charge in [-0.1, -0.05) is 11.8 Å². The summed E-state index contributed by atoms with van der Waals surface area (Å²) in [6, 6.07) is 3.93. The van der Waals surface area contributed by atoms with Gasteiger partial charge >= 0.3 is 0 Å². The third-order valence-corrected chi connectivity index (χ3v) is 3.49. The van der Waals surface area contributed by atoms with Crippen molar-refractivity contribution in [1.29, 1.82) is 0 Å². The minimum Gasteiger partial charge on any atom is -0.463 e. The van der Waals surface area contributed by atoms with Crippen LogP contribution in [0.3, 0.4) is 0 Å². The van der Waals surface area contributed by atoms with Gasteiger partial charge < -0.3 is 9.73 Å². The molecule has 2 heterocycles. The van der Waals surface area contributed by atoms with Gasteiger partial charge in [0.2, 0.25) is 17.0 Å². The van der Waals surface area contributed by atoms with Crippen LogP contribution in [-0.4, -0.2) is 39.1 Å². The molecule has 21 heavy (non-hydrogen) atoms. The standard InChI is InChI=1S/C12H14N6O2S/c19-10(14-8-3-4-8)7-21-12-15-11(17-18-12)16-13-6-9-2-1-5-20-9/h1-2,5-6,8H,3-4,7H2,(H,14,19)(H2,15,16,17,18)/b13-6-. The zero-order chi connectivity index (χ0) is 14.5. The fourth-order valence-electron chi connectivity index (χ4n) is 1.51. The van der Waals surface area contributed by atoms with Crippen molar-refractivity contribution in [2.75, 3.05) is 11.2 Å². The molecule has 2 aromatic rings. The fraction of sp³-hybridized carbons (Fsp3) is 0.333. The van der Waals surface area contributed by atoms with E-state index < -0.39 is 0 Å². The number of aromatic nitrogens is 3. The maximum atomic E-state index is 11.5. The Morgan fingerprint density at radius 1 is 1.62 bits per heavy atom. The van der Waals surface area contributed by atoms with E-state index in [4.69, 9.17) is 4.42 Å². The molecule has 0 aliphatic heterocycles. The predicted molar refractivity (Wildman–Crippen MR) is 78.2 cm³/mol. The van der Waals surface area contributed by atoms with E-state index in [0.717, 1.165) is 12.8 Å². The van der Waals surface area contributed by atoms with Gasteiger partial charge in [-0.25, -0.2) is 10.5 Å². The molecule has 0 radical (unpaired) electrons. The van der Waals surface area contributed by atoms with Gasteiger partial charge in [0.25, 0.3) is 0 Å². The van der Waals surface area contributed by atoms with Crippen LogP contribution in [0.25, 0.3) is 0 Å². The molecular formula is C12H14N6O2S. The van der Waals surface area contributed by atoms with Gasteiger partial charge in [0.15, 0.2) is 0 Å². The van der Waals surface area contributed by atoms with Crippen LogP contribution in [0.2, 0.25) is 0 Å². The van der Waals surface area contributed by atoms with Crippen LogP contribution in [0.15, 0.2) is 33.1 Å². The summed E-state index contributed by atoms with van der Waals surface area (Å²) in [6.07, 6.45) is 5.26. The van der Waals surface area contributed by atoms with Crippen molar-refractivity contribution in [3.8, 4) is 0 Å². The average molecular weight is 306 g/mol. The SMILES string of the molecule is O=C(CSc1n[nH]c(N/N=C\c2ccco2)n1)NC1CC1. The van der Waals surface area contributed by atoms with Crippen molar-refractivity contribution in [3.05, 3.63) is 24.2 Å². The molecule has 1 aliphatic carbocycles. The summed E-state index contributed by atoms with van der Waals surface area (Å²) >= 11 is 1.27. The molecule has 1 fully saturated rings. The Hall–Kier alpha value is -2.29. The highest BCUT2D eigenvalue weighted by Gasteiger charge is 2.23. The van der Waals surface area contributed by atoms with Crippen LogP contribution >= 0.6 is 11.8 Å². The number of nitrogens with one attached hydrogen (secondary N) is 3. The van der Waals surface area contributed by atoms with Crippen LogP contribution in [-0.2, 0) is 4.79 Å². The molecule has 3 N–H and O–H groups in total. The maximum Gasteiger partial charge on any atom is 0.240 e. The lowest BCUT2D eigenvalue weighted by molar-refractivity contribution is -0.118. The molecule has 0 atom stereocenters. The quantitative estimate of drug-likeness (QED) is 0.403. The zero-order valence-electron chi connectivity index (χ0n) is 11.1. The van der Waals surface area contributed by atoms with Crippen LogP contribution in [0.5, 0.6) is 0 Å². The number of hydrogen-bond donors (Lipinski definition) is 3. The number of hydrazone groups is 1. The number of H-pyrrole nitrogens is 1. The first-order chi connectivity index (χ1) is 10.3. The Labute approximate surface area is 124 Å². The van der Waals surface area contributed by atoms with E-state index in [-0.39, 0.29) is 5.91 Å². The van der Waals surface area contributed by atoms with Gasteiger partial charge in [-0.3, -0.25) is 4.79 Å². The Morgan fingerprint density at radius 3 is 3.29 bits per heavy atom. The topological polar surface area (TPSA) is 108 Å². The molecule has 0 bridgehead atoms. The molecule has 1 saturated carbocycles. The van der Waals surface area contributed by atoms with Gasteiger partial charge in [0.1, 0.15) is 5.76 Å². The first kappa shape index (κ1) is 13.7. The van der Waals surface area contributed by atoms with Gasteiger partial charge in [-0.05, 0) is 25.0 Å². The number of carbonyl (C=O) groups excluding carboxylic acids is 1. The minimum absolute atomic E-state index is 0.0117. The lowest BCUT2D eigenvalue weighted by Gasteiger charge is -1.99. The van der Waals surface area contributed by atoms with Gasteiger partial charge in [-0.2, -0.15) is 10.1 Å². The van der Waals surface area contributed by atoms with Crippen molar-refractivity contribution >= 4 is 29.8 Å². The highest BCUT2D eigenvalue weighted by Crippen LogP contribution is 2.19. The monoisotopic (exact) mass is 306 g/mol. The summed E-state index contributed by atoms with van der Waals surface area (Å²) in [6.45, 7) is 0. The number of rotatable bonds is 7. The lowest BCUT2D eigenvalue weighted by atomic mass is 10.5. The number of carbonyl (C=O) groups is 1. The van der Waals surface area contributed by atoms with Gasteiger partial charge in [0, 0.05) is 6.04 Å². The second-order valence-corrected chi connectivity index (χ2v) is 5.42. The zero-order valence-corrected chi connectivity index (χ0v) is 11.9. The van der Waals surface area contributed by atoms with Crippen LogP contribution in [0.4, 0.5) is 5.95 Å². The molecule has 110 valence electrons. The lowest BCUT2D eigenvalue weighted by Crippen LogP contribution is -2.27. The number of nitrogens with zero attached hydrogens (tertiary/aromatic N) is 3. The summed E-state index contributed by atoms with van der Waals surface area (Å²) in [7, 11) is 0. The van der Waals surface area contributed by atoms with E-state index in [1.165, 1.54) is 18.0 Å². The summed E-state index contributed by atoms with van der Waals surface area (Å²) in [5.41, 5.74) is 2.70. The number of furan rings is 1. The molecule has 0 unspecified atom stereocenters. The van der Waals surface area contributed by atoms with Gasteiger partial charge in [0.05, 0.1) is 18.2 Å². The third kappa shape index (κ3) is 4.35. The van der Waals surface area contributed by atoms with Crippen molar-refractivity contribution in [1.82, 2.24) is 20.5 Å². The Morgan fingerprint density at radius 2 is 2.52 bits per heavy atom. The van der Waals surface area contributed by atoms with E-state index >= 15 is 0 Å². The first-order valence-corrected chi connectivity index (χ1v) is 7.45. The van der Waals surface area contributed by atoms with Crippen LogP contribution in [0.1, 0.15) is 18.6 Å². The summed E-state index contributed by atoms with van der Waals surface area (Å²) < 4.78 is 5.09. The Bertz CT molecular complexity index is 619. The molecular weight excluding hydrogens is 292 g/mol. The summed E-state index contributed by atoms with van der Waals surface area (Å²) in [5.74, 6) is 1.36. The maximum absolute atomic E-state index is 11.5. The molecule has 0 aromatic carbocycles. The molecule has 3 rings (SSSR count). The van der Waals surface area contributed by atoms with Crippen LogP contribution < -0.4 is 10.7 Å². The van der Waals surface area contributed by atoms with Crippen molar-refractivity contribution < 1.29 is 9.21 Å². The first-order valence-electron chi connectivity index (χ1n) is 6.47. The van der Waals surface area contributed by atoms with E-state index in [0.29, 0.717) is 28.7 Å². The minimum atomic E-state index is 0.0117. The predicted octanol–water partition coefficient (Wildman–Crippen LogP) is 1.21. The number of amides is 1. The highest BCUT2D eigenvalue weighted by molar-refractivity contribution is 7.99. The summed E-state index contributed by atoms with van der Waals surface area (Å²) in [4.78, 5) is 15.7. The third-order valence-electron chi connectivity index (χ3n) is 2.65. The van der Waals surface area contributed by atoms with E-state index in [1.54, 1.807) is 18.4 Å².